The summed E-state index contributed by atoms with van der Waals surface area (Å²) in [4.78, 5) is 9.13. The lowest BCUT2D eigenvalue weighted by Gasteiger charge is -2.11. The van der Waals surface area contributed by atoms with E-state index < -0.39 is 0 Å². The second-order valence-corrected chi connectivity index (χ2v) is 8.43. The summed E-state index contributed by atoms with van der Waals surface area (Å²) in [6, 6.07) is 20.8. The summed E-state index contributed by atoms with van der Waals surface area (Å²) < 4.78 is 2.39. The van der Waals surface area contributed by atoms with Crippen LogP contribution in [0, 0.1) is 12.1 Å². The van der Waals surface area contributed by atoms with Gasteiger partial charge in [-0.25, -0.2) is 4.98 Å². The van der Waals surface area contributed by atoms with Crippen molar-refractivity contribution in [3.8, 4) is 0 Å². The molecule has 0 saturated heterocycles. The molecule has 2 aromatic carbocycles. The number of pyridine rings is 1. The molecule has 0 spiro atoms. The zero-order valence-electron chi connectivity index (χ0n) is 18.4. The van der Waals surface area contributed by atoms with E-state index in [0.717, 1.165) is 27.1 Å². The van der Waals surface area contributed by atoms with Crippen molar-refractivity contribution in [2.75, 3.05) is 11.1 Å². The second-order valence-electron chi connectivity index (χ2n) is 7.99. The Bertz CT molecular complexity index is 1480. The summed E-state index contributed by atoms with van der Waals surface area (Å²) in [6.07, 6.45) is 2.54. The third-order valence-electron chi connectivity index (χ3n) is 5.65. The maximum absolute atomic E-state index is 12.1. The number of anilines is 3. The van der Waals surface area contributed by atoms with Gasteiger partial charge >= 0.3 is 0 Å². The van der Waals surface area contributed by atoms with Crippen molar-refractivity contribution in [3.63, 3.8) is 0 Å². The van der Waals surface area contributed by atoms with Crippen LogP contribution in [0.2, 0.25) is 5.02 Å². The second kappa shape index (κ2) is 8.99. The Kier molecular flexibility index (Phi) is 5.73. The molecule has 0 bridgehead atoms. The standard InChI is InChI=1S/C25H22ClN7O/c1-16-21(13-17-7-3-2-4-8-17)23(27)33-25(28-16)30-24(31-33)29-22-15-19(26)11-10-18(22)14-20-9-5-6-12-32(20)34/h2-12,15H,13-14,27H2,1H3,(H,29,31). The monoisotopic (exact) mass is 471 g/mol. The van der Waals surface area contributed by atoms with Gasteiger partial charge in [-0.1, -0.05) is 54.1 Å². The minimum absolute atomic E-state index is 0.335. The highest BCUT2D eigenvalue weighted by Crippen LogP contribution is 2.27. The van der Waals surface area contributed by atoms with Gasteiger partial charge in [-0.3, -0.25) is 0 Å². The number of halogens is 1. The van der Waals surface area contributed by atoms with Gasteiger partial charge in [0.1, 0.15) is 5.82 Å². The first-order valence-corrected chi connectivity index (χ1v) is 11.1. The molecule has 3 N–H and O–H groups in total. The molecule has 0 aliphatic heterocycles. The number of aryl methyl sites for hydroxylation is 1. The molecule has 0 saturated carbocycles. The molecular weight excluding hydrogens is 450 g/mol. The molecule has 170 valence electrons. The van der Waals surface area contributed by atoms with Crippen LogP contribution in [-0.2, 0) is 12.8 Å². The lowest BCUT2D eigenvalue weighted by atomic mass is 10.0. The van der Waals surface area contributed by atoms with E-state index in [4.69, 9.17) is 17.3 Å². The molecule has 0 amide bonds. The number of nitrogens with zero attached hydrogens (tertiary/aromatic N) is 5. The maximum atomic E-state index is 12.1. The van der Waals surface area contributed by atoms with Crippen LogP contribution in [0.15, 0.2) is 72.9 Å². The third kappa shape index (κ3) is 4.35. The molecule has 3 heterocycles. The number of nitrogens with two attached hydrogens (primary N) is 1. The smallest absolute Gasteiger partial charge is 0.256 e. The predicted molar refractivity (Wildman–Crippen MR) is 132 cm³/mol. The Balaban J connectivity index is 1.48. The number of rotatable bonds is 6. The van der Waals surface area contributed by atoms with Gasteiger partial charge in [0.2, 0.25) is 5.95 Å². The van der Waals surface area contributed by atoms with Crippen LogP contribution < -0.4 is 15.8 Å². The quantitative estimate of drug-likeness (QED) is 0.283. The summed E-state index contributed by atoms with van der Waals surface area (Å²) in [5.74, 6) is 1.23. The Morgan fingerprint density at radius 2 is 1.82 bits per heavy atom. The molecule has 0 aliphatic rings. The van der Waals surface area contributed by atoms with Crippen LogP contribution >= 0.6 is 11.6 Å². The molecule has 9 heteroatoms. The van der Waals surface area contributed by atoms with Crippen molar-refractivity contribution in [3.05, 3.63) is 111 Å². The van der Waals surface area contributed by atoms with Crippen LogP contribution in [0.5, 0.6) is 0 Å². The summed E-state index contributed by atoms with van der Waals surface area (Å²) >= 11 is 6.25. The van der Waals surface area contributed by atoms with Crippen LogP contribution in [0.3, 0.4) is 0 Å². The average molecular weight is 472 g/mol. The number of aromatic nitrogens is 5. The van der Waals surface area contributed by atoms with E-state index in [1.807, 2.05) is 37.3 Å². The topological polar surface area (TPSA) is 108 Å². The van der Waals surface area contributed by atoms with Crippen molar-refractivity contribution in [1.29, 1.82) is 0 Å². The minimum atomic E-state index is 0.335. The highest BCUT2D eigenvalue weighted by atomic mass is 35.5. The van der Waals surface area contributed by atoms with Crippen molar-refractivity contribution in [2.24, 2.45) is 0 Å². The number of hydrogen-bond acceptors (Lipinski definition) is 6. The van der Waals surface area contributed by atoms with E-state index in [1.54, 1.807) is 28.8 Å². The number of hydrogen-bond donors (Lipinski definition) is 2. The lowest BCUT2D eigenvalue weighted by molar-refractivity contribution is -0.613. The first-order valence-electron chi connectivity index (χ1n) is 10.8. The van der Waals surface area contributed by atoms with E-state index in [-0.39, 0.29) is 0 Å². The third-order valence-corrected chi connectivity index (χ3v) is 5.88. The molecule has 0 unspecified atom stereocenters. The largest absolute Gasteiger partial charge is 0.618 e. The van der Waals surface area contributed by atoms with Crippen LogP contribution in [0.25, 0.3) is 5.78 Å². The zero-order chi connectivity index (χ0) is 23.7. The SMILES string of the molecule is Cc1nc2nc(Nc3cc(Cl)ccc3Cc3cccc[n+]3[O-])nn2c(N)c1Cc1ccccc1. The summed E-state index contributed by atoms with van der Waals surface area (Å²) in [7, 11) is 0. The van der Waals surface area contributed by atoms with Gasteiger partial charge in [0.05, 0.1) is 6.42 Å². The number of nitrogen functional groups attached to an aromatic ring is 1. The fourth-order valence-electron chi connectivity index (χ4n) is 3.88. The van der Waals surface area contributed by atoms with E-state index in [1.165, 1.54) is 6.20 Å². The first kappa shape index (κ1) is 21.7. The summed E-state index contributed by atoms with van der Waals surface area (Å²) in [5, 5.41) is 20.4. The van der Waals surface area contributed by atoms with Crippen LogP contribution in [-0.4, -0.2) is 19.6 Å². The number of benzene rings is 2. The van der Waals surface area contributed by atoms with Gasteiger partial charge in [-0.15, -0.1) is 5.10 Å². The molecule has 0 fully saturated rings. The minimum Gasteiger partial charge on any atom is -0.618 e. The van der Waals surface area contributed by atoms with Gasteiger partial charge in [0, 0.05) is 40.5 Å². The predicted octanol–water partition coefficient (Wildman–Crippen LogP) is 4.23. The zero-order valence-corrected chi connectivity index (χ0v) is 19.2. The van der Waals surface area contributed by atoms with Crippen LogP contribution in [0.1, 0.15) is 28.1 Å². The molecule has 3 aromatic heterocycles. The fraction of sp³-hybridized carbons (Fsp3) is 0.120. The van der Waals surface area contributed by atoms with Gasteiger partial charge in [-0.2, -0.15) is 14.2 Å². The van der Waals surface area contributed by atoms with E-state index >= 15 is 0 Å². The molecule has 34 heavy (non-hydrogen) atoms. The number of fused-ring (bicyclic) bond motifs is 1. The molecule has 0 atom stereocenters. The van der Waals surface area contributed by atoms with E-state index in [9.17, 15) is 5.21 Å². The fourth-order valence-corrected chi connectivity index (χ4v) is 4.05. The summed E-state index contributed by atoms with van der Waals surface area (Å²) in [5.41, 5.74) is 11.5. The molecule has 8 nitrogen and oxygen atoms in total. The Labute approximate surface area is 201 Å². The highest BCUT2D eigenvalue weighted by Gasteiger charge is 2.16. The Hall–Kier alpha value is -4.17. The first-order chi connectivity index (χ1) is 16.5. The molecule has 5 aromatic rings. The molecule has 5 rings (SSSR count). The van der Waals surface area contributed by atoms with Crippen LogP contribution in [0.4, 0.5) is 17.5 Å². The number of nitrogens with one attached hydrogen (secondary N) is 1. The van der Waals surface area contributed by atoms with E-state index in [0.29, 0.717) is 46.8 Å². The molecule has 0 aliphatic carbocycles. The Morgan fingerprint density at radius 1 is 1.03 bits per heavy atom. The normalized spacial score (nSPS) is 11.1. The molecular formula is C25H22ClN7O. The average Bonchev–Trinajstić information content (AvgIpc) is 3.23. The van der Waals surface area contributed by atoms with Gasteiger partial charge < -0.3 is 16.3 Å². The highest BCUT2D eigenvalue weighted by molar-refractivity contribution is 6.30. The lowest BCUT2D eigenvalue weighted by Crippen LogP contribution is -2.30. The maximum Gasteiger partial charge on any atom is 0.256 e. The molecule has 0 radical (unpaired) electrons. The Morgan fingerprint density at radius 3 is 2.62 bits per heavy atom. The van der Waals surface area contributed by atoms with Gasteiger partial charge in [-0.05, 0) is 30.2 Å². The summed E-state index contributed by atoms with van der Waals surface area (Å²) in [6.45, 7) is 1.92. The van der Waals surface area contributed by atoms with E-state index in [2.05, 4.69) is 32.5 Å². The van der Waals surface area contributed by atoms with Crippen molar-refractivity contribution < 1.29 is 4.73 Å². The van der Waals surface area contributed by atoms with Crippen molar-refractivity contribution in [2.45, 2.75) is 19.8 Å². The van der Waals surface area contributed by atoms with Crippen molar-refractivity contribution >= 4 is 34.8 Å². The van der Waals surface area contributed by atoms with Gasteiger partial charge in [0.25, 0.3) is 5.78 Å². The van der Waals surface area contributed by atoms with Crippen molar-refractivity contribution in [1.82, 2.24) is 19.6 Å². The van der Waals surface area contributed by atoms with Gasteiger partial charge in [0.15, 0.2) is 11.9 Å².